The zero-order valence-corrected chi connectivity index (χ0v) is 18.7. The highest BCUT2D eigenvalue weighted by molar-refractivity contribution is 7.12. The molecular weight excluding hydrogens is 450 g/mol. The topological polar surface area (TPSA) is 101 Å². The van der Waals surface area contributed by atoms with Crippen molar-refractivity contribution in [1.29, 1.82) is 0 Å². The van der Waals surface area contributed by atoms with Crippen LogP contribution in [0.5, 0.6) is 0 Å². The molecule has 0 spiro atoms. The lowest BCUT2D eigenvalue weighted by atomic mass is 10.1. The SMILES string of the molecule is O=C(CCCNC(=O)c1cccs1)OCC(=O)N1N=C(c2cccs2)C[C@@H]1c1ccco1. The lowest BCUT2D eigenvalue weighted by Crippen LogP contribution is -2.31. The van der Waals surface area contributed by atoms with E-state index >= 15 is 0 Å². The van der Waals surface area contributed by atoms with Crippen LogP contribution in [0.4, 0.5) is 0 Å². The number of amides is 2. The lowest BCUT2D eigenvalue weighted by Gasteiger charge is -2.19. The highest BCUT2D eigenvalue weighted by Crippen LogP contribution is 2.34. The summed E-state index contributed by atoms with van der Waals surface area (Å²) in [5.74, 6) is -0.459. The van der Waals surface area contributed by atoms with Crippen LogP contribution in [0.25, 0.3) is 0 Å². The van der Waals surface area contributed by atoms with E-state index in [0.717, 1.165) is 10.6 Å². The molecule has 0 fully saturated rings. The first-order valence-electron chi connectivity index (χ1n) is 10.1. The monoisotopic (exact) mass is 471 g/mol. The van der Waals surface area contributed by atoms with Crippen LogP contribution in [-0.2, 0) is 14.3 Å². The molecule has 1 aliphatic heterocycles. The van der Waals surface area contributed by atoms with Gasteiger partial charge in [-0.1, -0.05) is 12.1 Å². The Morgan fingerprint density at radius 3 is 2.72 bits per heavy atom. The Morgan fingerprint density at radius 1 is 1.16 bits per heavy atom. The molecule has 0 unspecified atom stereocenters. The van der Waals surface area contributed by atoms with Gasteiger partial charge in [0, 0.05) is 19.4 Å². The van der Waals surface area contributed by atoms with Gasteiger partial charge in [-0.15, -0.1) is 22.7 Å². The number of carbonyl (C=O) groups is 3. The largest absolute Gasteiger partial charge is 0.467 e. The molecule has 2 amide bonds. The average Bonchev–Trinajstić information content (AvgIpc) is 3.59. The fraction of sp³-hybridized carbons (Fsp3) is 0.273. The molecule has 0 saturated heterocycles. The molecule has 8 nitrogen and oxygen atoms in total. The second-order valence-corrected chi connectivity index (χ2v) is 8.89. The van der Waals surface area contributed by atoms with Crippen molar-refractivity contribution < 1.29 is 23.5 Å². The smallest absolute Gasteiger partial charge is 0.306 e. The Morgan fingerprint density at radius 2 is 2.00 bits per heavy atom. The minimum atomic E-state index is -0.500. The van der Waals surface area contributed by atoms with Crippen LogP contribution in [0, 0.1) is 0 Å². The van der Waals surface area contributed by atoms with Gasteiger partial charge < -0.3 is 14.5 Å². The molecule has 166 valence electrons. The Hall–Kier alpha value is -3.24. The summed E-state index contributed by atoms with van der Waals surface area (Å²) in [6.07, 6.45) is 2.60. The summed E-state index contributed by atoms with van der Waals surface area (Å²) in [6.45, 7) is -0.0558. The number of rotatable bonds is 9. The summed E-state index contributed by atoms with van der Waals surface area (Å²) in [5.41, 5.74) is 0.794. The van der Waals surface area contributed by atoms with E-state index in [2.05, 4.69) is 10.4 Å². The second kappa shape index (κ2) is 10.4. The van der Waals surface area contributed by atoms with Gasteiger partial charge in [0.15, 0.2) is 6.61 Å². The number of carbonyl (C=O) groups excluding carboxylic acids is 3. The van der Waals surface area contributed by atoms with Crippen LogP contribution < -0.4 is 5.32 Å². The fourth-order valence-electron chi connectivity index (χ4n) is 3.24. The van der Waals surface area contributed by atoms with Gasteiger partial charge in [-0.2, -0.15) is 5.10 Å². The molecule has 1 aliphatic rings. The van der Waals surface area contributed by atoms with E-state index in [0.29, 0.717) is 30.0 Å². The van der Waals surface area contributed by atoms with Gasteiger partial charge in [-0.05, 0) is 41.4 Å². The molecule has 0 aromatic carbocycles. The van der Waals surface area contributed by atoms with Gasteiger partial charge in [0.1, 0.15) is 11.8 Å². The van der Waals surface area contributed by atoms with E-state index in [4.69, 9.17) is 9.15 Å². The van der Waals surface area contributed by atoms with Crippen LogP contribution in [0.1, 0.15) is 45.6 Å². The number of furan rings is 1. The van der Waals surface area contributed by atoms with Crippen LogP contribution in [0.3, 0.4) is 0 Å². The Bertz CT molecular complexity index is 1080. The minimum Gasteiger partial charge on any atom is -0.467 e. The number of nitrogens with zero attached hydrogens (tertiary/aromatic N) is 2. The van der Waals surface area contributed by atoms with E-state index in [-0.39, 0.29) is 18.4 Å². The molecular formula is C22H21N3O5S2. The number of nitrogens with one attached hydrogen (secondary N) is 1. The van der Waals surface area contributed by atoms with E-state index in [1.165, 1.54) is 16.3 Å². The van der Waals surface area contributed by atoms with Gasteiger partial charge in [0.2, 0.25) is 0 Å². The van der Waals surface area contributed by atoms with Crippen molar-refractivity contribution in [2.45, 2.75) is 25.3 Å². The van der Waals surface area contributed by atoms with Gasteiger partial charge >= 0.3 is 5.97 Å². The fourth-order valence-corrected chi connectivity index (χ4v) is 4.61. The number of thiophene rings is 2. The van der Waals surface area contributed by atoms with Crippen LogP contribution in [0.2, 0.25) is 0 Å². The molecule has 0 radical (unpaired) electrons. The van der Waals surface area contributed by atoms with Crippen LogP contribution in [0.15, 0.2) is 62.9 Å². The summed E-state index contributed by atoms with van der Waals surface area (Å²) in [6, 6.07) is 10.6. The van der Waals surface area contributed by atoms with Crippen LogP contribution >= 0.6 is 22.7 Å². The third-order valence-electron chi connectivity index (χ3n) is 4.79. The summed E-state index contributed by atoms with van der Waals surface area (Å²) in [5, 5.41) is 12.3. The third-order valence-corrected chi connectivity index (χ3v) is 6.58. The van der Waals surface area contributed by atoms with E-state index < -0.39 is 18.5 Å². The van der Waals surface area contributed by atoms with Crippen LogP contribution in [-0.4, -0.2) is 41.7 Å². The molecule has 4 heterocycles. The number of hydrogen-bond donors (Lipinski definition) is 1. The third kappa shape index (κ3) is 5.32. The van der Waals surface area contributed by atoms with Crippen molar-refractivity contribution in [3.63, 3.8) is 0 Å². The Kier molecular flexibility index (Phi) is 7.13. The first kappa shape index (κ1) is 22.0. The summed E-state index contributed by atoms with van der Waals surface area (Å²) in [4.78, 5) is 38.3. The van der Waals surface area contributed by atoms with Crippen molar-refractivity contribution in [1.82, 2.24) is 10.3 Å². The van der Waals surface area contributed by atoms with Gasteiger partial charge in [-0.3, -0.25) is 14.4 Å². The quantitative estimate of drug-likeness (QED) is 0.378. The first-order valence-corrected chi connectivity index (χ1v) is 11.8. The summed E-state index contributed by atoms with van der Waals surface area (Å²) >= 11 is 2.90. The van der Waals surface area contributed by atoms with Gasteiger partial charge in [-0.25, -0.2) is 5.01 Å². The number of ether oxygens (including phenoxy) is 1. The van der Waals surface area contributed by atoms with Crippen molar-refractivity contribution in [2.75, 3.05) is 13.2 Å². The number of hydrazone groups is 1. The lowest BCUT2D eigenvalue weighted by molar-refractivity contribution is -0.153. The molecule has 4 rings (SSSR count). The molecule has 0 aliphatic carbocycles. The number of esters is 1. The van der Waals surface area contributed by atoms with Crippen molar-refractivity contribution in [2.24, 2.45) is 5.10 Å². The minimum absolute atomic E-state index is 0.101. The first-order chi connectivity index (χ1) is 15.6. The molecule has 3 aromatic rings. The molecule has 1 atom stereocenters. The highest BCUT2D eigenvalue weighted by Gasteiger charge is 2.35. The normalized spacial score (nSPS) is 15.4. The highest BCUT2D eigenvalue weighted by atomic mass is 32.1. The summed E-state index contributed by atoms with van der Waals surface area (Å²) < 4.78 is 10.6. The number of hydrogen-bond acceptors (Lipinski definition) is 8. The Balaban J connectivity index is 1.26. The van der Waals surface area contributed by atoms with E-state index in [9.17, 15) is 14.4 Å². The Labute approximate surface area is 192 Å². The van der Waals surface area contributed by atoms with Crippen molar-refractivity contribution in [3.05, 3.63) is 68.9 Å². The molecule has 0 bridgehead atoms. The van der Waals surface area contributed by atoms with Crippen molar-refractivity contribution >= 4 is 46.2 Å². The zero-order valence-electron chi connectivity index (χ0n) is 17.1. The zero-order chi connectivity index (χ0) is 22.3. The predicted octanol–water partition coefficient (Wildman–Crippen LogP) is 3.83. The molecule has 3 aromatic heterocycles. The summed E-state index contributed by atoms with van der Waals surface area (Å²) in [7, 11) is 0. The van der Waals surface area contributed by atoms with E-state index in [1.807, 2.05) is 22.9 Å². The molecule has 1 N–H and O–H groups in total. The predicted molar refractivity (Wildman–Crippen MR) is 121 cm³/mol. The maximum Gasteiger partial charge on any atom is 0.306 e. The average molecular weight is 472 g/mol. The second-order valence-electron chi connectivity index (χ2n) is 7.00. The van der Waals surface area contributed by atoms with E-state index in [1.54, 1.807) is 41.9 Å². The van der Waals surface area contributed by atoms with Gasteiger partial charge in [0.05, 0.1) is 21.7 Å². The maximum absolute atomic E-state index is 12.8. The molecule has 10 heteroatoms. The maximum atomic E-state index is 12.8. The molecule has 0 saturated carbocycles. The standard InChI is InChI=1S/C22H21N3O5S2/c26-20(14-30-21(27)8-1-9-23-22(28)19-7-4-12-32-19)25-16(17-5-2-10-29-17)13-15(24-25)18-6-3-11-31-18/h2-7,10-12,16H,1,8-9,13-14H2,(H,23,28)/t16-/m1/s1. The van der Waals surface area contributed by atoms with Crippen molar-refractivity contribution in [3.8, 4) is 0 Å². The van der Waals surface area contributed by atoms with Gasteiger partial charge in [0.25, 0.3) is 11.8 Å². The molecule has 32 heavy (non-hydrogen) atoms.